The molecule has 0 aliphatic carbocycles. The van der Waals surface area contributed by atoms with E-state index in [0.29, 0.717) is 6.42 Å². The maximum atomic E-state index is 12.1. The fourth-order valence-corrected chi connectivity index (χ4v) is 2.22. The van der Waals surface area contributed by atoms with Gasteiger partial charge in [-0.3, -0.25) is 4.79 Å². The van der Waals surface area contributed by atoms with Gasteiger partial charge < -0.3 is 19.5 Å². The number of ether oxygens (including phenoxy) is 3. The summed E-state index contributed by atoms with van der Waals surface area (Å²) < 4.78 is 61.5. The van der Waals surface area contributed by atoms with Crippen LogP contribution >= 0.6 is 0 Å². The smallest absolute Gasteiger partial charge is 0.387 e. The number of alkyl halides is 4. The highest BCUT2D eigenvalue weighted by molar-refractivity contribution is 5.91. The number of benzene rings is 2. The minimum Gasteiger partial charge on any atom is -0.452 e. The number of carbonyl (C=O) groups excluding carboxylic acids is 2. The Bertz CT molecular complexity index is 797. The van der Waals surface area contributed by atoms with Gasteiger partial charge in [-0.15, -0.1) is 0 Å². The molecule has 2 aromatic rings. The molecule has 0 aliphatic rings. The molecule has 0 aromatic heterocycles. The Balaban J connectivity index is 1.69. The van der Waals surface area contributed by atoms with Crippen LogP contribution in [0, 0.1) is 0 Å². The van der Waals surface area contributed by atoms with Crippen LogP contribution in [0.2, 0.25) is 0 Å². The van der Waals surface area contributed by atoms with Gasteiger partial charge in [-0.05, 0) is 48.4 Å². The molecule has 156 valence electrons. The molecule has 0 atom stereocenters. The number of carbonyl (C=O) groups is 2. The van der Waals surface area contributed by atoms with Crippen molar-refractivity contribution in [3.8, 4) is 11.5 Å². The first-order chi connectivity index (χ1) is 13.8. The Morgan fingerprint density at radius 1 is 0.828 bits per heavy atom. The van der Waals surface area contributed by atoms with Crippen LogP contribution in [0.15, 0.2) is 48.5 Å². The minimum atomic E-state index is -2.97. The number of halogens is 4. The normalized spacial score (nSPS) is 10.7. The zero-order valence-electron chi connectivity index (χ0n) is 14.9. The van der Waals surface area contributed by atoms with E-state index in [9.17, 15) is 27.2 Å². The zero-order chi connectivity index (χ0) is 21.2. The Kier molecular flexibility index (Phi) is 8.26. The topological polar surface area (TPSA) is 73.9 Å². The molecule has 0 radical (unpaired) electrons. The minimum absolute atomic E-state index is 0.0356. The summed E-state index contributed by atoms with van der Waals surface area (Å²) in [6.07, 6.45) is 0.431. The van der Waals surface area contributed by atoms with Gasteiger partial charge in [0.25, 0.3) is 5.91 Å². The van der Waals surface area contributed by atoms with Crippen LogP contribution < -0.4 is 14.8 Å². The van der Waals surface area contributed by atoms with E-state index in [1.54, 1.807) is 12.1 Å². The van der Waals surface area contributed by atoms with Gasteiger partial charge in [0.2, 0.25) is 0 Å². The van der Waals surface area contributed by atoms with Crippen molar-refractivity contribution in [2.24, 2.45) is 0 Å². The molecule has 10 heteroatoms. The Morgan fingerprint density at radius 2 is 1.34 bits per heavy atom. The molecule has 0 saturated heterocycles. The maximum absolute atomic E-state index is 12.1. The van der Waals surface area contributed by atoms with Crippen LogP contribution in [0.25, 0.3) is 0 Å². The fourth-order valence-electron chi connectivity index (χ4n) is 2.22. The summed E-state index contributed by atoms with van der Waals surface area (Å²) in [7, 11) is 0. The molecular formula is C19H17F4NO5. The van der Waals surface area contributed by atoms with E-state index in [0.717, 1.165) is 5.56 Å². The second-order valence-electron chi connectivity index (χ2n) is 5.60. The first kappa shape index (κ1) is 22.0. The van der Waals surface area contributed by atoms with E-state index in [-0.39, 0.29) is 23.6 Å². The Morgan fingerprint density at radius 3 is 1.86 bits per heavy atom. The third-order valence-corrected chi connectivity index (χ3v) is 3.53. The summed E-state index contributed by atoms with van der Waals surface area (Å²) in [5.74, 6) is -1.40. The van der Waals surface area contributed by atoms with Crippen LogP contribution in [-0.4, -0.2) is 38.3 Å². The largest absolute Gasteiger partial charge is 0.452 e. The highest BCUT2D eigenvalue weighted by Crippen LogP contribution is 2.16. The van der Waals surface area contributed by atoms with Gasteiger partial charge >= 0.3 is 19.2 Å². The lowest BCUT2D eigenvalue weighted by Crippen LogP contribution is -2.30. The van der Waals surface area contributed by atoms with Crippen LogP contribution in [-0.2, 0) is 16.0 Å². The van der Waals surface area contributed by atoms with Crippen molar-refractivity contribution in [2.45, 2.75) is 19.6 Å². The molecule has 0 aliphatic heterocycles. The molecule has 0 fully saturated rings. The third kappa shape index (κ3) is 8.08. The van der Waals surface area contributed by atoms with Gasteiger partial charge in [0.15, 0.2) is 6.61 Å². The van der Waals surface area contributed by atoms with Gasteiger partial charge in [-0.25, -0.2) is 4.79 Å². The molecular weight excluding hydrogens is 398 g/mol. The predicted octanol–water partition coefficient (Wildman–Crippen LogP) is 3.41. The molecule has 1 N–H and O–H groups in total. The maximum Gasteiger partial charge on any atom is 0.387 e. The van der Waals surface area contributed by atoms with E-state index < -0.39 is 31.7 Å². The van der Waals surface area contributed by atoms with Crippen LogP contribution in [0.4, 0.5) is 17.6 Å². The number of nitrogens with one attached hydrogen (secondary N) is 1. The lowest BCUT2D eigenvalue weighted by Gasteiger charge is -2.08. The van der Waals surface area contributed by atoms with Crippen molar-refractivity contribution in [2.75, 3.05) is 13.2 Å². The number of rotatable bonds is 10. The van der Waals surface area contributed by atoms with Crippen LogP contribution in [0.1, 0.15) is 15.9 Å². The average Bonchev–Trinajstić information content (AvgIpc) is 2.67. The van der Waals surface area contributed by atoms with E-state index in [1.807, 2.05) is 0 Å². The summed E-state index contributed by atoms with van der Waals surface area (Å²) in [5.41, 5.74) is 0.862. The summed E-state index contributed by atoms with van der Waals surface area (Å²) >= 11 is 0. The molecule has 0 saturated carbocycles. The van der Waals surface area contributed by atoms with E-state index in [4.69, 9.17) is 4.74 Å². The molecule has 0 spiro atoms. The van der Waals surface area contributed by atoms with Gasteiger partial charge in [0, 0.05) is 6.54 Å². The lowest BCUT2D eigenvalue weighted by atomic mass is 10.1. The van der Waals surface area contributed by atoms with Gasteiger partial charge in [-0.1, -0.05) is 12.1 Å². The quantitative estimate of drug-likeness (QED) is 0.476. The summed E-state index contributed by atoms with van der Waals surface area (Å²) in [6, 6.07) is 10.8. The predicted molar refractivity (Wildman–Crippen MR) is 93.1 cm³/mol. The van der Waals surface area contributed by atoms with Gasteiger partial charge in [-0.2, -0.15) is 17.6 Å². The SMILES string of the molecule is O=C(COC(=O)c1ccc(OC(F)F)cc1)NCCc1ccc(OC(F)F)cc1. The average molecular weight is 415 g/mol. The highest BCUT2D eigenvalue weighted by atomic mass is 19.3. The molecule has 1 amide bonds. The summed E-state index contributed by atoms with van der Waals surface area (Å²) in [5, 5.41) is 2.54. The standard InChI is InChI=1S/C19H17F4NO5/c20-18(21)28-14-5-1-12(2-6-14)9-10-24-16(25)11-27-17(26)13-3-7-15(8-4-13)29-19(22)23/h1-8,18-19H,9-11H2,(H,24,25). The summed E-state index contributed by atoms with van der Waals surface area (Å²) in [4.78, 5) is 23.6. The molecule has 2 aromatic carbocycles. The molecule has 6 nitrogen and oxygen atoms in total. The molecule has 2 rings (SSSR count). The van der Waals surface area contributed by atoms with Gasteiger partial charge in [0.05, 0.1) is 5.56 Å². The lowest BCUT2D eigenvalue weighted by molar-refractivity contribution is -0.124. The molecule has 29 heavy (non-hydrogen) atoms. The van der Waals surface area contributed by atoms with Crippen LogP contribution in [0.5, 0.6) is 11.5 Å². The molecule has 0 heterocycles. The van der Waals surface area contributed by atoms with Crippen molar-refractivity contribution >= 4 is 11.9 Å². The Hall–Kier alpha value is -3.30. The number of amides is 1. The first-order valence-corrected chi connectivity index (χ1v) is 8.36. The Labute approximate surface area is 163 Å². The molecule has 0 unspecified atom stereocenters. The number of hydrogen-bond acceptors (Lipinski definition) is 5. The van der Waals surface area contributed by atoms with E-state index in [2.05, 4.69) is 14.8 Å². The van der Waals surface area contributed by atoms with Crippen molar-refractivity contribution < 1.29 is 41.4 Å². The van der Waals surface area contributed by atoms with Gasteiger partial charge in [0.1, 0.15) is 11.5 Å². The second-order valence-corrected chi connectivity index (χ2v) is 5.60. The van der Waals surface area contributed by atoms with Crippen molar-refractivity contribution in [1.29, 1.82) is 0 Å². The monoisotopic (exact) mass is 415 g/mol. The molecule has 0 bridgehead atoms. The summed E-state index contributed by atoms with van der Waals surface area (Å²) in [6.45, 7) is -6.15. The highest BCUT2D eigenvalue weighted by Gasteiger charge is 2.11. The van der Waals surface area contributed by atoms with Crippen LogP contribution in [0.3, 0.4) is 0 Å². The van der Waals surface area contributed by atoms with E-state index in [1.165, 1.54) is 36.4 Å². The van der Waals surface area contributed by atoms with E-state index >= 15 is 0 Å². The van der Waals surface area contributed by atoms with Crippen molar-refractivity contribution in [1.82, 2.24) is 5.32 Å². The van der Waals surface area contributed by atoms with Crippen molar-refractivity contribution in [3.05, 3.63) is 59.7 Å². The zero-order valence-corrected chi connectivity index (χ0v) is 14.9. The third-order valence-electron chi connectivity index (χ3n) is 3.53. The number of esters is 1. The fraction of sp³-hybridized carbons (Fsp3) is 0.263. The first-order valence-electron chi connectivity index (χ1n) is 8.36. The number of hydrogen-bond donors (Lipinski definition) is 1. The second kappa shape index (κ2) is 10.9. The van der Waals surface area contributed by atoms with Crippen molar-refractivity contribution in [3.63, 3.8) is 0 Å².